The molecule has 3 nitrogen and oxygen atoms in total. The molecule has 0 saturated carbocycles. The highest BCUT2D eigenvalue weighted by Gasteiger charge is 2.14. The van der Waals surface area contributed by atoms with Crippen molar-refractivity contribution < 1.29 is 14.6 Å². The highest BCUT2D eigenvalue weighted by Crippen LogP contribution is 2.20. The number of hydrogen-bond donors (Lipinski definition) is 1. The minimum Gasteiger partial charge on any atom is -0.496 e. The quantitative estimate of drug-likeness (QED) is 0.643. The molecule has 56 valence electrons. The molecule has 0 saturated heterocycles. The molecule has 1 heterocycles. The summed E-state index contributed by atoms with van der Waals surface area (Å²) >= 11 is 1.06. The average Bonchev–Trinajstić information content (AvgIpc) is 2.30. The van der Waals surface area contributed by atoms with Gasteiger partial charge in [-0.05, 0) is 10.8 Å². The lowest BCUT2D eigenvalue weighted by molar-refractivity contribution is 0.0699. The lowest BCUT2D eigenvalue weighted by Crippen LogP contribution is -2.05. The number of aromatic carboxylic acids is 1. The Kier molecular flexibility index (Phi) is 2.19. The second kappa shape index (κ2) is 2.96. The molecule has 0 bridgehead atoms. The van der Waals surface area contributed by atoms with Crippen molar-refractivity contribution in [3.63, 3.8) is 0 Å². The van der Waals surface area contributed by atoms with Crippen LogP contribution >= 0.6 is 11.3 Å². The van der Waals surface area contributed by atoms with Crippen LogP contribution in [0.3, 0.4) is 0 Å². The van der Waals surface area contributed by atoms with Crippen molar-refractivity contribution in [2.75, 3.05) is 7.11 Å². The third-order valence-electron chi connectivity index (χ3n) is 1.17. The van der Waals surface area contributed by atoms with Crippen molar-refractivity contribution in [2.24, 2.45) is 0 Å². The van der Waals surface area contributed by atoms with Crippen LogP contribution in [0.1, 0.15) is 9.67 Å². The highest BCUT2D eigenvalue weighted by atomic mass is 32.1. The van der Waals surface area contributed by atoms with Gasteiger partial charge in [-0.1, -0.05) is 0 Å². The molecular weight excluding hydrogens is 163 g/mol. The largest absolute Gasteiger partial charge is 0.496 e. The highest BCUT2D eigenvalue weighted by molar-refractivity contribution is 7.13. The number of carboxylic acids is 1. The van der Waals surface area contributed by atoms with Gasteiger partial charge in [0.15, 0.2) is 4.88 Å². The van der Waals surface area contributed by atoms with E-state index in [4.69, 9.17) is 17.7 Å². The number of carbonyl (C=O) groups is 1. The second-order valence-corrected chi connectivity index (χ2v) is 2.74. The summed E-state index contributed by atoms with van der Waals surface area (Å²) < 4.78 is 4.78. The van der Waals surface area contributed by atoms with E-state index in [0.717, 1.165) is 11.3 Å². The van der Waals surface area contributed by atoms with Gasteiger partial charge in [-0.2, -0.15) is 0 Å². The molecule has 1 N–H and O–H groups in total. The van der Waals surface area contributed by atoms with Crippen LogP contribution in [0.2, 0.25) is 0 Å². The molecule has 1 aromatic rings. The first-order chi connectivity index (χ1) is 5.16. The molecule has 11 heavy (non-hydrogen) atoms. The maximum Gasteiger partial charge on any atom is 0.349 e. The molecule has 0 aliphatic heterocycles. The van der Waals surface area contributed by atoms with E-state index in [2.05, 4.69) is 0 Å². The number of methoxy groups -OCH3 is 1. The predicted octanol–water partition coefficient (Wildman–Crippen LogP) is 0.249. The second-order valence-electron chi connectivity index (χ2n) is 1.86. The first-order valence-electron chi connectivity index (χ1n) is 2.81. The van der Waals surface area contributed by atoms with Crippen LogP contribution in [-0.2, 0) is 0 Å². The van der Waals surface area contributed by atoms with E-state index in [0.29, 0.717) is 5.46 Å². The Bertz CT molecular complexity index is 281. The minimum absolute atomic E-state index is 0.144. The van der Waals surface area contributed by atoms with Crippen LogP contribution < -0.4 is 10.2 Å². The normalized spacial score (nSPS) is 9.55. The van der Waals surface area contributed by atoms with Crippen molar-refractivity contribution >= 4 is 30.6 Å². The van der Waals surface area contributed by atoms with Crippen molar-refractivity contribution in [2.45, 2.75) is 0 Å². The Morgan fingerprint density at radius 3 is 2.82 bits per heavy atom. The van der Waals surface area contributed by atoms with Crippen LogP contribution in [0, 0.1) is 0 Å². The Hall–Kier alpha value is -0.965. The molecule has 0 amide bonds. The smallest absolute Gasteiger partial charge is 0.349 e. The van der Waals surface area contributed by atoms with Gasteiger partial charge in [-0.15, -0.1) is 11.3 Å². The summed E-state index contributed by atoms with van der Waals surface area (Å²) in [6, 6.07) is 0. The van der Waals surface area contributed by atoms with E-state index in [1.165, 1.54) is 7.11 Å². The van der Waals surface area contributed by atoms with Gasteiger partial charge < -0.3 is 9.84 Å². The standard InChI is InChI=1S/C6H5BO3S/c1-10-4-3(7)2-11-5(4)6(8)9/h2H,1H3,(H,8,9). The number of thiophene rings is 1. The Morgan fingerprint density at radius 1 is 1.82 bits per heavy atom. The van der Waals surface area contributed by atoms with E-state index in [-0.39, 0.29) is 10.6 Å². The van der Waals surface area contributed by atoms with Crippen LogP contribution in [-0.4, -0.2) is 26.0 Å². The minimum atomic E-state index is -1.01. The van der Waals surface area contributed by atoms with Gasteiger partial charge in [0.25, 0.3) is 0 Å². The van der Waals surface area contributed by atoms with Gasteiger partial charge >= 0.3 is 5.97 Å². The summed E-state index contributed by atoms with van der Waals surface area (Å²) in [7, 11) is 6.81. The van der Waals surface area contributed by atoms with Gasteiger partial charge in [0, 0.05) is 0 Å². The van der Waals surface area contributed by atoms with Crippen molar-refractivity contribution in [3.8, 4) is 5.75 Å². The molecule has 0 atom stereocenters. The van der Waals surface area contributed by atoms with Gasteiger partial charge in [-0.25, -0.2) is 4.79 Å². The fraction of sp³-hybridized carbons (Fsp3) is 0.167. The fourth-order valence-electron chi connectivity index (χ4n) is 0.719. The van der Waals surface area contributed by atoms with Crippen molar-refractivity contribution in [3.05, 3.63) is 10.3 Å². The first kappa shape index (κ1) is 8.13. The summed E-state index contributed by atoms with van der Waals surface area (Å²) in [6.07, 6.45) is 0. The van der Waals surface area contributed by atoms with E-state index < -0.39 is 5.97 Å². The van der Waals surface area contributed by atoms with Gasteiger partial charge in [0.1, 0.15) is 13.6 Å². The SMILES string of the molecule is [B]c1csc(C(=O)O)c1OC. The summed E-state index contributed by atoms with van der Waals surface area (Å²) in [4.78, 5) is 10.6. The summed E-state index contributed by atoms with van der Waals surface area (Å²) in [6.45, 7) is 0. The first-order valence-corrected chi connectivity index (χ1v) is 3.69. The number of ether oxygens (including phenoxy) is 1. The Labute approximate surface area is 69.0 Å². The fourth-order valence-corrected chi connectivity index (χ4v) is 1.48. The van der Waals surface area contributed by atoms with Gasteiger partial charge in [0.2, 0.25) is 0 Å². The summed E-state index contributed by atoms with van der Waals surface area (Å²) in [5.74, 6) is -0.758. The van der Waals surface area contributed by atoms with E-state index in [9.17, 15) is 4.79 Å². The molecule has 5 heteroatoms. The molecule has 0 aliphatic rings. The molecule has 1 rings (SSSR count). The number of rotatable bonds is 2. The van der Waals surface area contributed by atoms with Crippen molar-refractivity contribution in [1.82, 2.24) is 0 Å². The zero-order valence-electron chi connectivity index (χ0n) is 5.83. The number of hydrogen-bond acceptors (Lipinski definition) is 3. The predicted molar refractivity (Wildman–Crippen MR) is 43.2 cm³/mol. The Morgan fingerprint density at radius 2 is 2.45 bits per heavy atom. The third-order valence-corrected chi connectivity index (χ3v) is 2.14. The average molecular weight is 168 g/mol. The zero-order valence-corrected chi connectivity index (χ0v) is 6.64. The Balaban J connectivity index is 3.15. The van der Waals surface area contributed by atoms with E-state index in [1.807, 2.05) is 0 Å². The zero-order chi connectivity index (χ0) is 8.43. The molecule has 0 aromatic carbocycles. The lowest BCUT2D eigenvalue weighted by Gasteiger charge is -1.98. The van der Waals surface area contributed by atoms with Crippen LogP contribution in [0.25, 0.3) is 0 Å². The van der Waals surface area contributed by atoms with Gasteiger partial charge in [0.05, 0.1) is 7.11 Å². The van der Waals surface area contributed by atoms with Crippen LogP contribution in [0.5, 0.6) is 5.75 Å². The molecular formula is C6H5BO3S. The van der Waals surface area contributed by atoms with E-state index >= 15 is 0 Å². The monoisotopic (exact) mass is 168 g/mol. The molecule has 0 unspecified atom stereocenters. The summed E-state index contributed by atoms with van der Waals surface area (Å²) in [5.41, 5.74) is 0.370. The molecule has 0 fully saturated rings. The van der Waals surface area contributed by atoms with Crippen molar-refractivity contribution in [1.29, 1.82) is 0 Å². The van der Waals surface area contributed by atoms with Crippen LogP contribution in [0.15, 0.2) is 5.38 Å². The van der Waals surface area contributed by atoms with Crippen LogP contribution in [0.4, 0.5) is 0 Å². The third kappa shape index (κ3) is 1.37. The maximum absolute atomic E-state index is 10.5. The molecule has 1 aromatic heterocycles. The van der Waals surface area contributed by atoms with E-state index in [1.54, 1.807) is 5.38 Å². The molecule has 0 spiro atoms. The number of carboxylic acid groups (broad SMARTS) is 1. The molecule has 0 aliphatic carbocycles. The topological polar surface area (TPSA) is 46.5 Å². The lowest BCUT2D eigenvalue weighted by atomic mass is 9.99. The molecule has 2 radical (unpaired) electrons. The summed E-state index contributed by atoms with van der Waals surface area (Å²) in [5, 5.41) is 10.1. The maximum atomic E-state index is 10.5. The van der Waals surface area contributed by atoms with Gasteiger partial charge in [-0.3, -0.25) is 0 Å².